The first-order chi connectivity index (χ1) is 21.7. The lowest BCUT2D eigenvalue weighted by Crippen LogP contribution is -2.61. The number of anilines is 1. The van der Waals surface area contributed by atoms with Crippen LogP contribution in [-0.4, -0.2) is 75.3 Å². The molecule has 0 spiro atoms. The zero-order chi connectivity index (χ0) is 31.1. The number of piperidine rings is 2. The number of aromatic nitrogens is 3. The molecule has 2 bridgehead atoms. The van der Waals surface area contributed by atoms with Gasteiger partial charge < -0.3 is 20.1 Å². The Hall–Kier alpha value is -4.07. The molecule has 220 valence electrons. The fourth-order valence-electron chi connectivity index (χ4n) is 7.61. The van der Waals surface area contributed by atoms with E-state index < -0.39 is 23.7 Å². The lowest BCUT2D eigenvalue weighted by molar-refractivity contribution is 0.107. The number of piperazine rings is 1. The summed E-state index contributed by atoms with van der Waals surface area (Å²) in [5.74, 6) is 1.15. The highest BCUT2D eigenvalue weighted by Gasteiger charge is 2.45. The Morgan fingerprint density at radius 1 is 1.19 bits per heavy atom. The van der Waals surface area contributed by atoms with Gasteiger partial charge in [0.2, 0.25) is 0 Å². The molecule has 2 atom stereocenters. The molecule has 0 aliphatic carbocycles. The number of ether oxygens (including phenoxy) is 1. The van der Waals surface area contributed by atoms with E-state index in [0.29, 0.717) is 36.0 Å². The van der Waals surface area contributed by atoms with Crippen LogP contribution in [-0.2, 0) is 0 Å². The Kier molecular flexibility index (Phi) is 5.67. The van der Waals surface area contributed by atoms with Crippen molar-refractivity contribution in [3.8, 4) is 35.4 Å². The van der Waals surface area contributed by atoms with Crippen molar-refractivity contribution < 1.29 is 21.4 Å². The van der Waals surface area contributed by atoms with Crippen LogP contribution in [0.5, 0.6) is 11.8 Å². The standard InChI is InChI=1S/C33H32F2N6O2/c1-2-23-26(34)8-5-19-13-22(42)14-24(27(19)23)29-28(35)30-25(16-37-29)31(41-17-20-6-7-21(41)15-36-20)39-32(38-30)43-18-33-9-3-11-40(33)12-4-10-33/h1,5,8,13-14,16,20-21,36,42H,3-4,6-7,9-12,15,17-18H2/i18D2. The lowest BCUT2D eigenvalue weighted by Gasteiger charge is -2.46. The van der Waals surface area contributed by atoms with Crippen LogP contribution < -0.4 is 15.0 Å². The van der Waals surface area contributed by atoms with Gasteiger partial charge in [0.1, 0.15) is 35.2 Å². The molecule has 2 unspecified atom stereocenters. The van der Waals surface area contributed by atoms with Crippen molar-refractivity contribution in [2.75, 3.05) is 37.6 Å². The SMILES string of the molecule is [2H]C([2H])(Oc1nc(N2CC3CCC2CN3)c2cnc(-c3cc(O)cc4ccc(F)c(C#C)c34)c(F)c2n1)C12CCCN1CCC2. The minimum Gasteiger partial charge on any atom is -0.508 e. The maximum absolute atomic E-state index is 16.8. The minimum absolute atomic E-state index is 0.0711. The number of benzene rings is 2. The van der Waals surface area contributed by atoms with E-state index in [1.165, 1.54) is 30.5 Å². The number of terminal acetylenes is 1. The smallest absolute Gasteiger partial charge is 0.319 e. The number of hydrogen-bond donors (Lipinski definition) is 2. The Morgan fingerprint density at radius 2 is 2.02 bits per heavy atom. The topological polar surface area (TPSA) is 86.6 Å². The van der Waals surface area contributed by atoms with Crippen molar-refractivity contribution >= 4 is 27.5 Å². The van der Waals surface area contributed by atoms with E-state index in [-0.39, 0.29) is 51.6 Å². The molecule has 2 aromatic heterocycles. The maximum atomic E-state index is 16.8. The van der Waals surface area contributed by atoms with E-state index >= 15 is 4.39 Å². The molecule has 43 heavy (non-hydrogen) atoms. The minimum atomic E-state index is -2.12. The van der Waals surface area contributed by atoms with Crippen LogP contribution in [0.3, 0.4) is 0 Å². The number of phenolic OH excluding ortho intramolecular Hbond substituents is 1. The summed E-state index contributed by atoms with van der Waals surface area (Å²) in [6.45, 7) is 0.873. The number of halogens is 2. The summed E-state index contributed by atoms with van der Waals surface area (Å²) >= 11 is 0. The van der Waals surface area contributed by atoms with Crippen molar-refractivity contribution in [1.82, 2.24) is 25.2 Å². The van der Waals surface area contributed by atoms with Crippen LogP contribution in [0.15, 0.2) is 30.5 Å². The lowest BCUT2D eigenvalue weighted by atomic mass is 9.92. The molecular weight excluding hydrogens is 550 g/mol. The summed E-state index contributed by atoms with van der Waals surface area (Å²) in [5.41, 5.74) is -1.03. The number of phenols is 1. The van der Waals surface area contributed by atoms with Crippen LogP contribution in [0.2, 0.25) is 0 Å². The van der Waals surface area contributed by atoms with E-state index in [0.717, 1.165) is 45.3 Å². The van der Waals surface area contributed by atoms with Gasteiger partial charge in [0.25, 0.3) is 0 Å². The summed E-state index contributed by atoms with van der Waals surface area (Å²) in [6, 6.07) is 5.51. The number of rotatable bonds is 5. The Balaban J connectivity index is 1.32. The van der Waals surface area contributed by atoms with Gasteiger partial charge >= 0.3 is 6.01 Å². The molecule has 5 aliphatic heterocycles. The van der Waals surface area contributed by atoms with Crippen LogP contribution >= 0.6 is 0 Å². The zero-order valence-electron chi connectivity index (χ0n) is 25.5. The van der Waals surface area contributed by atoms with E-state index in [1.54, 1.807) is 0 Å². The highest BCUT2D eigenvalue weighted by molar-refractivity contribution is 6.03. The molecular formula is C33H32F2N6O2. The average molecular weight is 585 g/mol. The van der Waals surface area contributed by atoms with E-state index in [2.05, 4.69) is 31.0 Å². The van der Waals surface area contributed by atoms with Crippen LogP contribution in [0.25, 0.3) is 32.9 Å². The fourth-order valence-corrected chi connectivity index (χ4v) is 7.61. The third-order valence-electron chi connectivity index (χ3n) is 9.69. The van der Waals surface area contributed by atoms with Crippen molar-refractivity contribution in [3.05, 3.63) is 47.7 Å². The van der Waals surface area contributed by atoms with Gasteiger partial charge in [-0.15, -0.1) is 6.42 Å². The van der Waals surface area contributed by atoms with Gasteiger partial charge in [0.15, 0.2) is 5.82 Å². The maximum Gasteiger partial charge on any atom is 0.319 e. The zero-order valence-corrected chi connectivity index (χ0v) is 23.5. The molecule has 7 heterocycles. The number of pyridine rings is 1. The summed E-state index contributed by atoms with van der Waals surface area (Å²) in [5, 5.41) is 15.1. The number of fused-ring (bicyclic) bond motifs is 6. The van der Waals surface area contributed by atoms with Gasteiger partial charge in [-0.25, -0.2) is 8.78 Å². The second kappa shape index (κ2) is 10.00. The molecule has 4 aromatic rings. The number of nitrogens with one attached hydrogen (secondary N) is 1. The van der Waals surface area contributed by atoms with Crippen molar-refractivity contribution in [1.29, 1.82) is 0 Å². The monoisotopic (exact) mass is 584 g/mol. The molecule has 5 saturated heterocycles. The molecule has 5 fully saturated rings. The average Bonchev–Trinajstić information content (AvgIpc) is 3.65. The van der Waals surface area contributed by atoms with Crippen molar-refractivity contribution in [2.45, 2.75) is 56.1 Å². The molecule has 2 aromatic carbocycles. The first-order valence-corrected chi connectivity index (χ1v) is 14.9. The number of aromatic hydroxyl groups is 1. The molecule has 2 N–H and O–H groups in total. The first-order valence-electron chi connectivity index (χ1n) is 15.9. The van der Waals surface area contributed by atoms with Gasteiger partial charge in [-0.05, 0) is 75.2 Å². The van der Waals surface area contributed by atoms with E-state index in [9.17, 15) is 9.50 Å². The molecule has 8 nitrogen and oxygen atoms in total. The number of nitrogens with zero attached hydrogens (tertiary/aromatic N) is 5. The van der Waals surface area contributed by atoms with Gasteiger partial charge in [0, 0.05) is 42.3 Å². The molecule has 5 aliphatic rings. The third-order valence-corrected chi connectivity index (χ3v) is 9.69. The molecule has 0 saturated carbocycles. The van der Waals surface area contributed by atoms with Gasteiger partial charge in [-0.2, -0.15) is 9.97 Å². The highest BCUT2D eigenvalue weighted by atomic mass is 19.1. The fraction of sp³-hybridized carbons (Fsp3) is 0.424. The summed E-state index contributed by atoms with van der Waals surface area (Å²) in [6.07, 6.45) is 12.2. The Bertz CT molecular complexity index is 1900. The quantitative estimate of drug-likeness (QED) is 0.325. The molecule has 10 heteroatoms. The molecule has 0 radical (unpaired) electrons. The molecule has 0 amide bonds. The van der Waals surface area contributed by atoms with Crippen LogP contribution in [0.4, 0.5) is 14.6 Å². The summed E-state index contributed by atoms with van der Waals surface area (Å²) < 4.78 is 56.0. The summed E-state index contributed by atoms with van der Waals surface area (Å²) in [4.78, 5) is 18.0. The Labute approximate surface area is 250 Å². The predicted octanol–water partition coefficient (Wildman–Crippen LogP) is 4.76. The largest absolute Gasteiger partial charge is 0.508 e. The van der Waals surface area contributed by atoms with Crippen LogP contribution in [0.1, 0.15) is 46.8 Å². The van der Waals surface area contributed by atoms with E-state index in [4.69, 9.17) is 18.9 Å². The predicted molar refractivity (Wildman–Crippen MR) is 160 cm³/mol. The normalized spacial score (nSPS) is 23.8. The van der Waals surface area contributed by atoms with E-state index in [1.807, 2.05) is 0 Å². The van der Waals surface area contributed by atoms with Gasteiger partial charge in [-0.3, -0.25) is 9.88 Å². The van der Waals surface area contributed by atoms with Gasteiger partial charge in [-0.1, -0.05) is 12.0 Å². The van der Waals surface area contributed by atoms with Crippen LogP contribution in [0, 0.1) is 24.0 Å². The second-order valence-electron chi connectivity index (χ2n) is 12.1. The van der Waals surface area contributed by atoms with Crippen molar-refractivity contribution in [2.24, 2.45) is 0 Å². The summed E-state index contributed by atoms with van der Waals surface area (Å²) in [7, 11) is 0. The highest BCUT2D eigenvalue weighted by Crippen LogP contribution is 2.41. The van der Waals surface area contributed by atoms with Crippen molar-refractivity contribution in [3.63, 3.8) is 0 Å². The first kappa shape index (κ1) is 24.4. The molecule has 9 rings (SSSR count). The van der Waals surface area contributed by atoms with Gasteiger partial charge in [0.05, 0.1) is 19.2 Å². The third kappa shape index (κ3) is 4.20. The second-order valence-corrected chi connectivity index (χ2v) is 12.1. The number of hydrogen-bond acceptors (Lipinski definition) is 8. The Morgan fingerprint density at radius 3 is 2.74 bits per heavy atom.